The van der Waals surface area contributed by atoms with E-state index >= 15 is 0 Å². The maximum absolute atomic E-state index is 10.9. The Morgan fingerprint density at radius 2 is 1.06 bits per heavy atom. The first kappa shape index (κ1) is 22.8. The predicted octanol–water partition coefficient (Wildman–Crippen LogP) is -0.996. The van der Waals surface area contributed by atoms with Crippen molar-refractivity contribution < 1.29 is 44.9 Å². The van der Waals surface area contributed by atoms with E-state index in [0.717, 1.165) is 0 Å². The summed E-state index contributed by atoms with van der Waals surface area (Å²) in [6.45, 7) is -0.780. The molecule has 0 radical (unpaired) electrons. The Morgan fingerprint density at radius 3 is 1.06 bits per heavy atom. The van der Waals surface area contributed by atoms with Crippen LogP contribution in [0.2, 0.25) is 0 Å². The first-order valence-corrected chi connectivity index (χ1v) is 7.46. The quantitative estimate of drug-likeness (QED) is 0.381. The molecule has 0 aliphatic carbocycles. The standard InChI is InChI=1S/2C2H5FO3S.C2H6O2/c2*3-1-2-7(4,5)6;1-2(3)4/h2*1-2H2,(H,4,5,6);2-4H,1H3. The molecule has 0 unspecified atom stereocenters. The number of alkyl halides is 2. The third kappa shape index (κ3) is 57.6. The first-order chi connectivity index (χ1) is 7.85. The highest BCUT2D eigenvalue weighted by Gasteiger charge is 2.00. The molecule has 0 aromatic carbocycles. The van der Waals surface area contributed by atoms with Crippen molar-refractivity contribution in [1.82, 2.24) is 0 Å². The summed E-state index contributed by atoms with van der Waals surface area (Å²) in [6, 6.07) is 0. The zero-order valence-corrected chi connectivity index (χ0v) is 11.0. The van der Waals surface area contributed by atoms with Crippen LogP contribution in [0.15, 0.2) is 0 Å². The molecular weight excluding hydrogens is 302 g/mol. The number of aliphatic hydroxyl groups is 2. The van der Waals surface area contributed by atoms with Gasteiger partial charge >= 0.3 is 0 Å². The van der Waals surface area contributed by atoms with Crippen LogP contribution < -0.4 is 0 Å². The summed E-state index contributed by atoms with van der Waals surface area (Å²) in [7, 11) is -8.10. The second-order valence-electron chi connectivity index (χ2n) is 2.58. The molecule has 18 heavy (non-hydrogen) atoms. The van der Waals surface area contributed by atoms with Gasteiger partial charge in [0, 0.05) is 0 Å². The van der Waals surface area contributed by atoms with Crippen molar-refractivity contribution in [2.45, 2.75) is 13.2 Å². The number of rotatable bonds is 4. The first-order valence-electron chi connectivity index (χ1n) is 4.24. The van der Waals surface area contributed by atoms with E-state index in [1.54, 1.807) is 0 Å². The van der Waals surface area contributed by atoms with Crippen LogP contribution in [0, 0.1) is 0 Å². The molecule has 114 valence electrons. The second-order valence-corrected chi connectivity index (χ2v) is 5.73. The molecule has 0 aliphatic rings. The molecule has 0 amide bonds. The van der Waals surface area contributed by atoms with E-state index in [4.69, 9.17) is 19.3 Å². The molecule has 8 nitrogen and oxygen atoms in total. The smallest absolute Gasteiger partial charge is 0.267 e. The molecule has 0 heterocycles. The largest absolute Gasteiger partial charge is 0.368 e. The van der Waals surface area contributed by atoms with Gasteiger partial charge in [0.15, 0.2) is 0 Å². The van der Waals surface area contributed by atoms with E-state index < -0.39 is 51.4 Å². The van der Waals surface area contributed by atoms with Gasteiger partial charge in [-0.25, -0.2) is 8.78 Å². The minimum absolute atomic E-state index is 0.799. The Morgan fingerprint density at radius 1 is 0.889 bits per heavy atom. The van der Waals surface area contributed by atoms with Gasteiger partial charge in [0.1, 0.15) is 31.1 Å². The zero-order valence-electron chi connectivity index (χ0n) is 9.40. The molecule has 0 aliphatic heterocycles. The highest BCUT2D eigenvalue weighted by atomic mass is 32.2. The number of halogens is 2. The van der Waals surface area contributed by atoms with E-state index in [1.807, 2.05) is 0 Å². The van der Waals surface area contributed by atoms with Crippen molar-refractivity contribution in [2.75, 3.05) is 24.9 Å². The Bertz CT molecular complexity index is 326. The minimum Gasteiger partial charge on any atom is -0.368 e. The van der Waals surface area contributed by atoms with Crippen molar-refractivity contribution in [3.05, 3.63) is 0 Å². The summed E-state index contributed by atoms with van der Waals surface area (Å²) in [5, 5.41) is 15.2. The normalized spacial score (nSPS) is 11.1. The number of hydrogen-bond acceptors (Lipinski definition) is 6. The second kappa shape index (κ2) is 11.7. The Kier molecular flexibility index (Phi) is 14.8. The molecule has 0 rings (SSSR count). The van der Waals surface area contributed by atoms with Gasteiger partial charge in [0.2, 0.25) is 0 Å². The van der Waals surface area contributed by atoms with Crippen molar-refractivity contribution in [3.8, 4) is 0 Å². The molecule has 0 saturated heterocycles. The molecule has 0 spiro atoms. The van der Waals surface area contributed by atoms with Crippen LogP contribution in [0.4, 0.5) is 8.78 Å². The summed E-state index contributed by atoms with van der Waals surface area (Å²) in [5.74, 6) is -1.60. The van der Waals surface area contributed by atoms with E-state index in [0.29, 0.717) is 0 Å². The van der Waals surface area contributed by atoms with Crippen LogP contribution in [0.25, 0.3) is 0 Å². The monoisotopic (exact) mass is 318 g/mol. The molecule has 0 bridgehead atoms. The van der Waals surface area contributed by atoms with Gasteiger partial charge in [0.25, 0.3) is 20.2 Å². The SMILES string of the molecule is CC(O)O.O=S(=O)(O)CCF.O=S(=O)(O)CCF. The zero-order chi connectivity index (χ0) is 15.4. The summed E-state index contributed by atoms with van der Waals surface area (Å²) < 4.78 is 75.6. The Labute approximate surface area is 104 Å². The van der Waals surface area contributed by atoms with Crippen LogP contribution >= 0.6 is 0 Å². The van der Waals surface area contributed by atoms with Crippen LogP contribution in [0.5, 0.6) is 0 Å². The van der Waals surface area contributed by atoms with E-state index in [2.05, 4.69) is 0 Å². The topological polar surface area (TPSA) is 149 Å². The molecule has 0 aromatic rings. The maximum Gasteiger partial charge on any atom is 0.267 e. The molecule has 0 fully saturated rings. The van der Waals surface area contributed by atoms with Gasteiger partial charge in [-0.3, -0.25) is 9.11 Å². The van der Waals surface area contributed by atoms with Crippen molar-refractivity contribution in [3.63, 3.8) is 0 Å². The Hall–Kier alpha value is -0.400. The van der Waals surface area contributed by atoms with Crippen LogP contribution in [-0.2, 0) is 20.2 Å². The lowest BCUT2D eigenvalue weighted by Gasteiger charge is -1.84. The third-order valence-electron chi connectivity index (χ3n) is 0.670. The fourth-order valence-corrected chi connectivity index (χ4v) is 0.585. The Balaban J connectivity index is -0.000000196. The summed E-state index contributed by atoms with van der Waals surface area (Å²) >= 11 is 0. The fraction of sp³-hybridized carbons (Fsp3) is 1.00. The van der Waals surface area contributed by atoms with Crippen molar-refractivity contribution in [2.24, 2.45) is 0 Å². The van der Waals surface area contributed by atoms with Gasteiger partial charge in [0.05, 0.1) is 0 Å². The van der Waals surface area contributed by atoms with Gasteiger partial charge in [-0.15, -0.1) is 0 Å². The maximum atomic E-state index is 10.9. The van der Waals surface area contributed by atoms with E-state index in [1.165, 1.54) is 6.92 Å². The lowest BCUT2D eigenvalue weighted by Crippen LogP contribution is -2.04. The highest BCUT2D eigenvalue weighted by Crippen LogP contribution is 1.80. The molecule has 0 atom stereocenters. The van der Waals surface area contributed by atoms with Crippen LogP contribution in [0.3, 0.4) is 0 Å². The van der Waals surface area contributed by atoms with E-state index in [-0.39, 0.29) is 0 Å². The third-order valence-corrected chi connectivity index (χ3v) is 2.01. The molecule has 12 heteroatoms. The fourth-order valence-electron chi connectivity index (χ4n) is 0.195. The molecule has 0 aromatic heterocycles. The molecule has 0 saturated carbocycles. The van der Waals surface area contributed by atoms with Gasteiger partial charge in [-0.2, -0.15) is 16.8 Å². The summed E-state index contributed by atoms with van der Waals surface area (Å²) in [4.78, 5) is 0. The average molecular weight is 318 g/mol. The molecular formula is C6H16F2O8S2. The highest BCUT2D eigenvalue weighted by molar-refractivity contribution is 7.86. The van der Waals surface area contributed by atoms with Gasteiger partial charge in [-0.1, -0.05) is 0 Å². The van der Waals surface area contributed by atoms with E-state index in [9.17, 15) is 25.6 Å². The van der Waals surface area contributed by atoms with Gasteiger partial charge < -0.3 is 10.2 Å². The lowest BCUT2D eigenvalue weighted by atomic mass is 10.8. The van der Waals surface area contributed by atoms with Crippen molar-refractivity contribution >= 4 is 20.2 Å². The number of aliphatic hydroxyl groups excluding tert-OH is 1. The predicted molar refractivity (Wildman–Crippen MR) is 58.7 cm³/mol. The van der Waals surface area contributed by atoms with Crippen molar-refractivity contribution in [1.29, 1.82) is 0 Å². The average Bonchev–Trinajstić information content (AvgIpc) is 1.97. The van der Waals surface area contributed by atoms with Crippen LogP contribution in [0.1, 0.15) is 6.92 Å². The summed E-state index contributed by atoms with van der Waals surface area (Å²) in [5.41, 5.74) is 0. The lowest BCUT2D eigenvalue weighted by molar-refractivity contribution is -0.0228. The number of hydrogen-bond donors (Lipinski definition) is 4. The minimum atomic E-state index is -4.05. The summed E-state index contributed by atoms with van der Waals surface area (Å²) in [6.07, 6.45) is -1.17. The van der Waals surface area contributed by atoms with Gasteiger partial charge in [-0.05, 0) is 6.92 Å². The van der Waals surface area contributed by atoms with Crippen LogP contribution in [-0.4, -0.2) is 67.3 Å². The molecule has 4 N–H and O–H groups in total.